The first kappa shape index (κ1) is 6.33. The van der Waals surface area contributed by atoms with Gasteiger partial charge >= 0.3 is 0 Å². The van der Waals surface area contributed by atoms with E-state index in [4.69, 9.17) is 16.7 Å². The van der Waals surface area contributed by atoms with Crippen molar-refractivity contribution in [1.29, 1.82) is 0 Å². The molecule has 2 nitrogen and oxygen atoms in total. The summed E-state index contributed by atoms with van der Waals surface area (Å²) in [5.74, 6) is 0. The Balaban J connectivity index is 2.33. The molecule has 1 aliphatic heterocycles. The Bertz CT molecular complexity index is 76.5. The van der Waals surface area contributed by atoms with Crippen LogP contribution < -0.4 is 5.32 Å². The lowest BCUT2D eigenvalue weighted by Crippen LogP contribution is -2.37. The molecule has 0 aromatic carbocycles. The van der Waals surface area contributed by atoms with Gasteiger partial charge in [0.15, 0.2) is 0 Å². The molecular formula is C5H10ClNO. The predicted molar refractivity (Wildman–Crippen MR) is 32.9 cm³/mol. The standard InChI is InChI=1S/C5H10ClNO/c6-5(8)1-3-7-4-2-5/h7-8H,1-4H2. The highest BCUT2D eigenvalue weighted by Crippen LogP contribution is 2.21. The summed E-state index contributed by atoms with van der Waals surface area (Å²) in [6.45, 7) is 1.67. The Labute approximate surface area is 53.8 Å². The molecule has 1 saturated heterocycles. The summed E-state index contributed by atoms with van der Waals surface area (Å²) in [5, 5.41) is 11.3. The first-order valence-electron chi connectivity index (χ1n) is 2.83. The lowest BCUT2D eigenvalue weighted by atomic mass is 10.1. The van der Waals surface area contributed by atoms with Crippen molar-refractivity contribution < 1.29 is 5.11 Å². The van der Waals surface area contributed by atoms with Gasteiger partial charge in [0.2, 0.25) is 0 Å². The molecule has 0 bridgehead atoms. The number of alkyl halides is 1. The van der Waals surface area contributed by atoms with E-state index < -0.39 is 5.06 Å². The third-order valence-electron chi connectivity index (χ3n) is 1.37. The van der Waals surface area contributed by atoms with Crippen molar-refractivity contribution in [2.75, 3.05) is 13.1 Å². The number of hydrogen-bond acceptors (Lipinski definition) is 2. The lowest BCUT2D eigenvalue weighted by Gasteiger charge is -2.25. The lowest BCUT2D eigenvalue weighted by molar-refractivity contribution is 0.0936. The molecular weight excluding hydrogens is 126 g/mol. The van der Waals surface area contributed by atoms with Crippen LogP contribution in [0.1, 0.15) is 12.8 Å². The highest BCUT2D eigenvalue weighted by Gasteiger charge is 2.24. The number of nitrogens with one attached hydrogen (secondary N) is 1. The first-order chi connectivity index (χ1) is 3.71. The van der Waals surface area contributed by atoms with E-state index in [1.54, 1.807) is 0 Å². The number of aliphatic hydroxyl groups is 1. The Morgan fingerprint density at radius 2 is 1.88 bits per heavy atom. The number of piperidine rings is 1. The zero-order chi connectivity index (χ0) is 6.04. The fourth-order valence-electron chi connectivity index (χ4n) is 0.810. The van der Waals surface area contributed by atoms with Crippen LogP contribution in [0.5, 0.6) is 0 Å². The first-order valence-corrected chi connectivity index (χ1v) is 3.20. The zero-order valence-corrected chi connectivity index (χ0v) is 5.41. The van der Waals surface area contributed by atoms with Crippen LogP contribution in [-0.2, 0) is 0 Å². The van der Waals surface area contributed by atoms with Crippen LogP contribution in [0.3, 0.4) is 0 Å². The van der Waals surface area contributed by atoms with E-state index in [-0.39, 0.29) is 0 Å². The van der Waals surface area contributed by atoms with E-state index in [0.717, 1.165) is 13.1 Å². The van der Waals surface area contributed by atoms with Crippen molar-refractivity contribution in [1.82, 2.24) is 5.32 Å². The summed E-state index contributed by atoms with van der Waals surface area (Å²) in [6, 6.07) is 0. The monoisotopic (exact) mass is 135 g/mol. The van der Waals surface area contributed by atoms with Crippen LogP contribution in [0.15, 0.2) is 0 Å². The van der Waals surface area contributed by atoms with Crippen LogP contribution in [0.2, 0.25) is 0 Å². The maximum atomic E-state index is 9.10. The van der Waals surface area contributed by atoms with Gasteiger partial charge in [0.1, 0.15) is 5.06 Å². The second kappa shape index (κ2) is 2.21. The SMILES string of the molecule is OC1(Cl)CCNCC1. The molecule has 0 radical (unpaired) electrons. The third kappa shape index (κ3) is 1.62. The summed E-state index contributed by atoms with van der Waals surface area (Å²) < 4.78 is 0. The molecule has 1 heterocycles. The summed E-state index contributed by atoms with van der Waals surface area (Å²) in [6.07, 6.45) is 1.32. The fourth-order valence-corrected chi connectivity index (χ4v) is 0.999. The van der Waals surface area contributed by atoms with Gasteiger partial charge in [-0.05, 0) is 13.1 Å². The molecule has 2 N–H and O–H groups in total. The van der Waals surface area contributed by atoms with Crippen molar-refractivity contribution in [2.24, 2.45) is 0 Å². The average molecular weight is 136 g/mol. The van der Waals surface area contributed by atoms with Crippen LogP contribution >= 0.6 is 11.6 Å². The largest absolute Gasteiger partial charge is 0.375 e. The number of halogens is 1. The minimum atomic E-state index is -0.911. The molecule has 1 fully saturated rings. The van der Waals surface area contributed by atoms with Gasteiger partial charge in [-0.25, -0.2) is 0 Å². The normalized spacial score (nSPS) is 27.8. The molecule has 0 aromatic heterocycles. The molecule has 0 aliphatic carbocycles. The summed E-state index contributed by atoms with van der Waals surface area (Å²) in [7, 11) is 0. The molecule has 0 unspecified atom stereocenters. The molecule has 0 aromatic rings. The van der Waals surface area contributed by atoms with E-state index in [9.17, 15) is 0 Å². The molecule has 1 aliphatic rings. The van der Waals surface area contributed by atoms with E-state index in [1.165, 1.54) is 0 Å². The smallest absolute Gasteiger partial charge is 0.141 e. The van der Waals surface area contributed by atoms with Gasteiger partial charge in [-0.2, -0.15) is 0 Å². The van der Waals surface area contributed by atoms with Crippen molar-refractivity contribution in [3.05, 3.63) is 0 Å². The summed E-state index contributed by atoms with van der Waals surface area (Å²) >= 11 is 5.59. The summed E-state index contributed by atoms with van der Waals surface area (Å²) in [4.78, 5) is 0. The Morgan fingerprint density at radius 1 is 1.38 bits per heavy atom. The highest BCUT2D eigenvalue weighted by atomic mass is 35.5. The molecule has 8 heavy (non-hydrogen) atoms. The van der Waals surface area contributed by atoms with E-state index in [1.807, 2.05) is 0 Å². The third-order valence-corrected chi connectivity index (χ3v) is 1.75. The average Bonchev–Trinajstić information content (AvgIpc) is 1.65. The minimum Gasteiger partial charge on any atom is -0.375 e. The van der Waals surface area contributed by atoms with Crippen molar-refractivity contribution in [3.63, 3.8) is 0 Å². The minimum absolute atomic E-state index is 0.661. The van der Waals surface area contributed by atoms with Crippen molar-refractivity contribution in [3.8, 4) is 0 Å². The Kier molecular flexibility index (Phi) is 1.75. The Hall–Kier alpha value is 0.210. The van der Waals surface area contributed by atoms with Gasteiger partial charge < -0.3 is 10.4 Å². The van der Waals surface area contributed by atoms with Gasteiger partial charge in [-0.1, -0.05) is 11.6 Å². The van der Waals surface area contributed by atoms with Crippen LogP contribution in [0.25, 0.3) is 0 Å². The quantitative estimate of drug-likeness (QED) is 0.469. The zero-order valence-electron chi connectivity index (χ0n) is 4.65. The van der Waals surface area contributed by atoms with Gasteiger partial charge in [0.05, 0.1) is 0 Å². The van der Waals surface area contributed by atoms with Gasteiger partial charge in [-0.3, -0.25) is 0 Å². The van der Waals surface area contributed by atoms with Crippen LogP contribution in [0.4, 0.5) is 0 Å². The fraction of sp³-hybridized carbons (Fsp3) is 1.00. The highest BCUT2D eigenvalue weighted by molar-refractivity contribution is 6.22. The molecule has 0 saturated carbocycles. The van der Waals surface area contributed by atoms with Crippen molar-refractivity contribution >= 4 is 11.6 Å². The van der Waals surface area contributed by atoms with E-state index in [0.29, 0.717) is 12.8 Å². The topological polar surface area (TPSA) is 32.3 Å². The molecule has 0 spiro atoms. The number of hydrogen-bond donors (Lipinski definition) is 2. The van der Waals surface area contributed by atoms with Crippen LogP contribution in [0, 0.1) is 0 Å². The van der Waals surface area contributed by atoms with Crippen LogP contribution in [-0.4, -0.2) is 23.3 Å². The second-order valence-electron chi connectivity index (χ2n) is 2.17. The van der Waals surface area contributed by atoms with E-state index >= 15 is 0 Å². The second-order valence-corrected chi connectivity index (χ2v) is 2.87. The van der Waals surface area contributed by atoms with Crippen molar-refractivity contribution in [2.45, 2.75) is 17.9 Å². The number of rotatable bonds is 0. The molecule has 0 amide bonds. The molecule has 0 atom stereocenters. The van der Waals surface area contributed by atoms with Gasteiger partial charge in [0.25, 0.3) is 0 Å². The van der Waals surface area contributed by atoms with E-state index in [2.05, 4.69) is 5.32 Å². The Morgan fingerprint density at radius 3 is 2.12 bits per heavy atom. The molecule has 48 valence electrons. The summed E-state index contributed by atoms with van der Waals surface area (Å²) in [5.41, 5.74) is 0. The maximum Gasteiger partial charge on any atom is 0.141 e. The maximum absolute atomic E-state index is 9.10. The molecule has 3 heteroatoms. The molecule has 1 rings (SSSR count). The van der Waals surface area contributed by atoms with Gasteiger partial charge in [-0.15, -0.1) is 0 Å². The predicted octanol–water partition coefficient (Wildman–Crippen LogP) is 0.297. The van der Waals surface area contributed by atoms with Gasteiger partial charge in [0, 0.05) is 12.8 Å².